The van der Waals surface area contributed by atoms with E-state index in [-0.39, 0.29) is 5.97 Å². The molecule has 0 saturated heterocycles. The quantitative estimate of drug-likeness (QED) is 0.829. The van der Waals surface area contributed by atoms with Gasteiger partial charge in [-0.15, -0.1) is 11.3 Å². The summed E-state index contributed by atoms with van der Waals surface area (Å²) < 4.78 is 4.88. The maximum atomic E-state index is 11.9. The van der Waals surface area contributed by atoms with Crippen molar-refractivity contribution in [3.05, 3.63) is 57.8 Å². The van der Waals surface area contributed by atoms with Crippen molar-refractivity contribution in [3.63, 3.8) is 0 Å². The summed E-state index contributed by atoms with van der Waals surface area (Å²) in [5.74, 6) is -0.261. The molecule has 2 aromatic rings. The van der Waals surface area contributed by atoms with Gasteiger partial charge in [-0.25, -0.2) is 4.79 Å². The van der Waals surface area contributed by atoms with Crippen molar-refractivity contribution in [1.29, 1.82) is 0 Å². The maximum Gasteiger partial charge on any atom is 0.327 e. The smallest absolute Gasteiger partial charge is 0.327 e. The lowest BCUT2D eigenvalue weighted by molar-refractivity contribution is -0.143. The Kier molecular flexibility index (Phi) is 5.32. The van der Waals surface area contributed by atoms with Gasteiger partial charge in [0.2, 0.25) is 0 Å². The van der Waals surface area contributed by atoms with Gasteiger partial charge in [-0.2, -0.15) is 0 Å². The average molecular weight is 289 g/mol. The molecule has 0 aliphatic carbocycles. The number of thiophene rings is 1. The Balaban J connectivity index is 2.07. The highest BCUT2D eigenvalue weighted by molar-refractivity contribution is 7.11. The van der Waals surface area contributed by atoms with Crippen molar-refractivity contribution in [2.75, 3.05) is 7.11 Å². The summed E-state index contributed by atoms with van der Waals surface area (Å²) in [7, 11) is 1.42. The molecular formula is C16H19NO2S. The van der Waals surface area contributed by atoms with E-state index in [1.807, 2.05) is 30.3 Å². The summed E-state index contributed by atoms with van der Waals surface area (Å²) in [4.78, 5) is 14.5. The normalized spacial score (nSPS) is 12.1. The number of aryl methyl sites for hydroxylation is 1. The van der Waals surface area contributed by atoms with Crippen molar-refractivity contribution in [3.8, 4) is 0 Å². The minimum atomic E-state index is -0.423. The highest BCUT2D eigenvalue weighted by atomic mass is 32.1. The molecule has 2 rings (SSSR count). The maximum absolute atomic E-state index is 11.9. The zero-order valence-electron chi connectivity index (χ0n) is 11.8. The number of nitrogens with one attached hydrogen (secondary N) is 1. The zero-order chi connectivity index (χ0) is 14.4. The molecule has 1 heterocycles. The summed E-state index contributed by atoms with van der Waals surface area (Å²) in [6, 6.07) is 13.5. The molecule has 106 valence electrons. The van der Waals surface area contributed by atoms with Crippen molar-refractivity contribution in [2.24, 2.45) is 0 Å². The van der Waals surface area contributed by atoms with Crippen molar-refractivity contribution >= 4 is 17.3 Å². The molecule has 1 aromatic heterocycles. The van der Waals surface area contributed by atoms with Gasteiger partial charge in [0.1, 0.15) is 6.04 Å². The van der Waals surface area contributed by atoms with E-state index in [0.717, 1.165) is 12.0 Å². The molecule has 1 unspecified atom stereocenters. The molecule has 0 saturated carbocycles. The molecule has 0 fully saturated rings. The molecule has 0 aliphatic rings. The number of ether oxygens (including phenoxy) is 1. The average Bonchev–Trinajstić information content (AvgIpc) is 2.96. The number of hydrogen-bond acceptors (Lipinski definition) is 4. The van der Waals surface area contributed by atoms with E-state index in [4.69, 9.17) is 4.74 Å². The minimum absolute atomic E-state index is 0.261. The van der Waals surface area contributed by atoms with Crippen LogP contribution in [0.1, 0.15) is 28.3 Å². The highest BCUT2D eigenvalue weighted by Gasteiger charge is 2.20. The molecule has 4 heteroatoms. The van der Waals surface area contributed by atoms with Crippen molar-refractivity contribution in [2.45, 2.75) is 25.9 Å². The fourth-order valence-electron chi connectivity index (χ4n) is 2.01. The van der Waals surface area contributed by atoms with Gasteiger partial charge in [-0.05, 0) is 24.1 Å². The molecule has 1 atom stereocenters. The second kappa shape index (κ2) is 7.22. The molecule has 0 amide bonds. The van der Waals surface area contributed by atoms with Gasteiger partial charge in [0.25, 0.3) is 0 Å². The predicted molar refractivity (Wildman–Crippen MR) is 81.7 cm³/mol. The van der Waals surface area contributed by atoms with Crippen LogP contribution in [0.3, 0.4) is 0 Å². The highest BCUT2D eigenvalue weighted by Crippen LogP contribution is 2.19. The summed E-state index contributed by atoms with van der Waals surface area (Å²) in [5, 5.41) is 3.28. The first kappa shape index (κ1) is 14.8. The van der Waals surface area contributed by atoms with Crippen LogP contribution in [0.2, 0.25) is 0 Å². The lowest BCUT2D eigenvalue weighted by atomic mass is 10.1. The number of carbonyl (C=O) groups excluding carboxylic acids is 1. The molecule has 3 nitrogen and oxygen atoms in total. The second-order valence-corrected chi connectivity index (χ2v) is 5.72. The van der Waals surface area contributed by atoms with E-state index >= 15 is 0 Å². The van der Waals surface area contributed by atoms with Gasteiger partial charge in [0.05, 0.1) is 7.11 Å². The third kappa shape index (κ3) is 3.68. The number of rotatable bonds is 6. The standard InChI is InChI=1S/C16H19NO2S/c1-3-13-9-10-14(20-13)11-17-15(16(18)19-2)12-7-5-4-6-8-12/h4-10,15,17H,3,11H2,1-2H3. The van der Waals surface area contributed by atoms with E-state index in [1.165, 1.54) is 16.9 Å². The van der Waals surface area contributed by atoms with E-state index in [0.29, 0.717) is 6.54 Å². The van der Waals surface area contributed by atoms with Crippen LogP contribution >= 0.6 is 11.3 Å². The SMILES string of the molecule is CCc1ccc(CNC(C(=O)OC)c2ccccc2)s1. The third-order valence-corrected chi connectivity index (χ3v) is 4.35. The molecule has 0 bridgehead atoms. The van der Waals surface area contributed by atoms with Gasteiger partial charge in [-0.1, -0.05) is 37.3 Å². The largest absolute Gasteiger partial charge is 0.468 e. The fourth-order valence-corrected chi connectivity index (χ4v) is 2.92. The van der Waals surface area contributed by atoms with Gasteiger partial charge in [0, 0.05) is 16.3 Å². The summed E-state index contributed by atoms with van der Waals surface area (Å²) in [6.45, 7) is 2.81. The number of benzene rings is 1. The Morgan fingerprint density at radius 1 is 1.20 bits per heavy atom. The zero-order valence-corrected chi connectivity index (χ0v) is 12.6. The number of esters is 1. The van der Waals surface area contributed by atoms with Crippen LogP contribution in [0.25, 0.3) is 0 Å². The fraction of sp³-hybridized carbons (Fsp3) is 0.312. The van der Waals surface area contributed by atoms with Crippen LogP contribution < -0.4 is 5.32 Å². The van der Waals surface area contributed by atoms with E-state index < -0.39 is 6.04 Å². The third-order valence-electron chi connectivity index (χ3n) is 3.12. The Morgan fingerprint density at radius 3 is 2.50 bits per heavy atom. The first-order valence-corrected chi connectivity index (χ1v) is 7.50. The van der Waals surface area contributed by atoms with Crippen LogP contribution in [0.15, 0.2) is 42.5 Å². The lowest BCUT2D eigenvalue weighted by Gasteiger charge is -2.16. The monoisotopic (exact) mass is 289 g/mol. The first-order valence-electron chi connectivity index (χ1n) is 6.68. The molecule has 20 heavy (non-hydrogen) atoms. The van der Waals surface area contributed by atoms with Crippen LogP contribution in [0.4, 0.5) is 0 Å². The topological polar surface area (TPSA) is 38.3 Å². The Morgan fingerprint density at radius 2 is 1.90 bits per heavy atom. The summed E-state index contributed by atoms with van der Waals surface area (Å²) >= 11 is 1.77. The van der Waals surface area contributed by atoms with Crippen LogP contribution in [0, 0.1) is 0 Å². The Bertz CT molecular complexity index is 551. The molecule has 1 aromatic carbocycles. The van der Waals surface area contributed by atoms with Crippen molar-refractivity contribution in [1.82, 2.24) is 5.32 Å². The van der Waals surface area contributed by atoms with E-state index in [9.17, 15) is 4.79 Å². The predicted octanol–water partition coefficient (Wildman–Crippen LogP) is 3.31. The molecule has 1 N–H and O–H groups in total. The second-order valence-electron chi connectivity index (χ2n) is 4.47. The minimum Gasteiger partial charge on any atom is -0.468 e. The Labute approximate surface area is 123 Å². The molecular weight excluding hydrogens is 270 g/mol. The molecule has 0 aliphatic heterocycles. The van der Waals surface area contributed by atoms with Gasteiger partial charge < -0.3 is 4.74 Å². The number of carbonyl (C=O) groups is 1. The van der Waals surface area contributed by atoms with Gasteiger partial charge in [0.15, 0.2) is 0 Å². The number of hydrogen-bond donors (Lipinski definition) is 1. The van der Waals surface area contributed by atoms with E-state index in [2.05, 4.69) is 24.4 Å². The first-order chi connectivity index (χ1) is 9.74. The number of methoxy groups -OCH3 is 1. The summed E-state index contributed by atoms with van der Waals surface area (Å²) in [6.07, 6.45) is 1.05. The van der Waals surface area contributed by atoms with Crippen LogP contribution in [0.5, 0.6) is 0 Å². The van der Waals surface area contributed by atoms with Crippen LogP contribution in [-0.2, 0) is 22.5 Å². The lowest BCUT2D eigenvalue weighted by Crippen LogP contribution is -2.29. The van der Waals surface area contributed by atoms with Gasteiger partial charge in [-0.3, -0.25) is 5.32 Å². The van der Waals surface area contributed by atoms with Crippen molar-refractivity contribution < 1.29 is 9.53 Å². The molecule has 0 spiro atoms. The molecule has 0 radical (unpaired) electrons. The summed E-state index contributed by atoms with van der Waals surface area (Å²) in [5.41, 5.74) is 0.923. The van der Waals surface area contributed by atoms with Gasteiger partial charge >= 0.3 is 5.97 Å². The Hall–Kier alpha value is -1.65. The van der Waals surface area contributed by atoms with Crippen LogP contribution in [-0.4, -0.2) is 13.1 Å². The van der Waals surface area contributed by atoms with E-state index in [1.54, 1.807) is 11.3 Å².